The Kier molecular flexibility index (Phi) is 2.98. The zero-order chi connectivity index (χ0) is 10.9. The van der Waals surface area contributed by atoms with Crippen LogP contribution in [-0.2, 0) is 9.53 Å². The number of carboxylic acids is 1. The van der Waals surface area contributed by atoms with E-state index in [1.807, 2.05) is 0 Å². The lowest BCUT2D eigenvalue weighted by Crippen LogP contribution is -2.48. The average molecular weight is 213 g/mol. The number of aliphatic carboxylic acids is 1. The van der Waals surface area contributed by atoms with E-state index in [2.05, 4.69) is 5.32 Å². The van der Waals surface area contributed by atoms with Crippen LogP contribution in [0, 0.1) is 5.41 Å². The Morgan fingerprint density at radius 2 is 1.93 bits per heavy atom. The van der Waals surface area contributed by atoms with E-state index in [-0.39, 0.29) is 6.10 Å². The van der Waals surface area contributed by atoms with Gasteiger partial charge in [0.15, 0.2) is 0 Å². The SMILES string of the molecule is CC1(C(=O)O)CC(OC2CCNCC2)C1. The molecule has 86 valence electrons. The van der Waals surface area contributed by atoms with Crippen LogP contribution in [0.2, 0.25) is 0 Å². The van der Waals surface area contributed by atoms with Gasteiger partial charge >= 0.3 is 5.97 Å². The molecule has 1 saturated carbocycles. The molecule has 1 saturated heterocycles. The van der Waals surface area contributed by atoms with Crippen molar-refractivity contribution >= 4 is 5.97 Å². The van der Waals surface area contributed by atoms with Gasteiger partial charge in [0.05, 0.1) is 17.6 Å². The van der Waals surface area contributed by atoms with E-state index in [1.165, 1.54) is 0 Å². The van der Waals surface area contributed by atoms with E-state index in [0.717, 1.165) is 25.9 Å². The molecule has 0 atom stereocenters. The highest BCUT2D eigenvalue weighted by Gasteiger charge is 2.47. The van der Waals surface area contributed by atoms with Crippen molar-refractivity contribution in [3.8, 4) is 0 Å². The van der Waals surface area contributed by atoms with E-state index < -0.39 is 11.4 Å². The molecule has 2 aliphatic rings. The van der Waals surface area contributed by atoms with Gasteiger partial charge in [-0.15, -0.1) is 0 Å². The molecule has 0 radical (unpaired) electrons. The predicted octanol–water partition coefficient (Wildman–Crippen LogP) is 1.01. The summed E-state index contributed by atoms with van der Waals surface area (Å²) in [6.45, 7) is 3.85. The van der Waals surface area contributed by atoms with Gasteiger partial charge in [0, 0.05) is 0 Å². The van der Waals surface area contributed by atoms with Gasteiger partial charge < -0.3 is 15.2 Å². The van der Waals surface area contributed by atoms with Crippen molar-refractivity contribution in [3.63, 3.8) is 0 Å². The maximum Gasteiger partial charge on any atom is 0.309 e. The highest BCUT2D eigenvalue weighted by molar-refractivity contribution is 5.75. The first-order chi connectivity index (χ1) is 7.10. The van der Waals surface area contributed by atoms with Crippen molar-refractivity contribution in [2.45, 2.75) is 44.8 Å². The Bertz CT molecular complexity index is 242. The molecule has 1 aliphatic carbocycles. The van der Waals surface area contributed by atoms with Crippen LogP contribution in [0.5, 0.6) is 0 Å². The van der Waals surface area contributed by atoms with E-state index in [9.17, 15) is 4.79 Å². The molecule has 0 aromatic heterocycles. The summed E-state index contributed by atoms with van der Waals surface area (Å²) in [5.74, 6) is -0.687. The number of piperidine rings is 1. The number of hydrogen-bond donors (Lipinski definition) is 2. The summed E-state index contributed by atoms with van der Waals surface area (Å²) in [4.78, 5) is 10.9. The van der Waals surface area contributed by atoms with Crippen LogP contribution in [0.15, 0.2) is 0 Å². The molecule has 1 heterocycles. The minimum Gasteiger partial charge on any atom is -0.481 e. The molecule has 0 amide bonds. The first-order valence-corrected chi connectivity index (χ1v) is 5.70. The van der Waals surface area contributed by atoms with Crippen molar-refractivity contribution in [3.05, 3.63) is 0 Å². The van der Waals surface area contributed by atoms with Crippen LogP contribution in [-0.4, -0.2) is 36.4 Å². The summed E-state index contributed by atoms with van der Waals surface area (Å²) in [6.07, 6.45) is 3.97. The largest absolute Gasteiger partial charge is 0.481 e. The maximum absolute atomic E-state index is 10.9. The van der Waals surface area contributed by atoms with Gasteiger partial charge in [0.2, 0.25) is 0 Å². The van der Waals surface area contributed by atoms with Crippen molar-refractivity contribution < 1.29 is 14.6 Å². The van der Waals surface area contributed by atoms with Crippen LogP contribution < -0.4 is 5.32 Å². The van der Waals surface area contributed by atoms with Crippen LogP contribution in [0.1, 0.15) is 32.6 Å². The Morgan fingerprint density at radius 1 is 1.33 bits per heavy atom. The number of nitrogens with one attached hydrogen (secondary N) is 1. The molecule has 0 aromatic carbocycles. The van der Waals surface area contributed by atoms with Gasteiger partial charge in [-0.3, -0.25) is 4.79 Å². The Morgan fingerprint density at radius 3 is 2.47 bits per heavy atom. The molecule has 0 aromatic rings. The smallest absolute Gasteiger partial charge is 0.309 e. The Labute approximate surface area is 90.0 Å². The van der Waals surface area contributed by atoms with Gasteiger partial charge in [-0.2, -0.15) is 0 Å². The number of ether oxygens (including phenoxy) is 1. The molecule has 0 bridgehead atoms. The second-order valence-electron chi connectivity index (χ2n) is 4.98. The van der Waals surface area contributed by atoms with E-state index in [0.29, 0.717) is 18.9 Å². The van der Waals surface area contributed by atoms with Crippen molar-refractivity contribution in [1.82, 2.24) is 5.32 Å². The molecule has 4 nitrogen and oxygen atoms in total. The normalized spacial score (nSPS) is 37.3. The highest BCUT2D eigenvalue weighted by atomic mass is 16.5. The summed E-state index contributed by atoms with van der Waals surface area (Å²) >= 11 is 0. The average Bonchev–Trinajstić information content (AvgIpc) is 2.16. The minimum absolute atomic E-state index is 0.175. The third-order valence-electron chi connectivity index (χ3n) is 3.54. The third kappa shape index (κ3) is 2.32. The van der Waals surface area contributed by atoms with Crippen LogP contribution in [0.4, 0.5) is 0 Å². The van der Waals surface area contributed by atoms with Gasteiger partial charge in [-0.1, -0.05) is 0 Å². The molecule has 1 aliphatic heterocycles. The van der Waals surface area contributed by atoms with E-state index in [1.54, 1.807) is 6.92 Å². The topological polar surface area (TPSA) is 58.6 Å². The van der Waals surface area contributed by atoms with Crippen LogP contribution >= 0.6 is 0 Å². The number of carbonyl (C=O) groups is 1. The molecule has 2 fully saturated rings. The molecule has 0 unspecified atom stereocenters. The fourth-order valence-corrected chi connectivity index (χ4v) is 2.42. The molecule has 0 spiro atoms. The number of rotatable bonds is 3. The van der Waals surface area contributed by atoms with Crippen molar-refractivity contribution in [2.24, 2.45) is 5.41 Å². The first kappa shape index (κ1) is 10.9. The standard InChI is InChI=1S/C11H19NO3/c1-11(10(13)14)6-9(7-11)15-8-2-4-12-5-3-8/h8-9,12H,2-7H2,1H3,(H,13,14). The molecular weight excluding hydrogens is 194 g/mol. The van der Waals surface area contributed by atoms with Gasteiger partial charge in [-0.25, -0.2) is 0 Å². The second kappa shape index (κ2) is 4.10. The summed E-state index contributed by atoms with van der Waals surface area (Å²) in [7, 11) is 0. The van der Waals surface area contributed by atoms with E-state index in [4.69, 9.17) is 9.84 Å². The van der Waals surface area contributed by atoms with E-state index >= 15 is 0 Å². The number of hydrogen-bond acceptors (Lipinski definition) is 3. The lowest BCUT2D eigenvalue weighted by molar-refractivity contribution is -0.170. The summed E-state index contributed by atoms with van der Waals surface area (Å²) in [5, 5.41) is 12.2. The fourth-order valence-electron chi connectivity index (χ4n) is 2.42. The van der Waals surface area contributed by atoms with Gasteiger partial charge in [0.25, 0.3) is 0 Å². The Balaban J connectivity index is 1.73. The van der Waals surface area contributed by atoms with Crippen molar-refractivity contribution in [2.75, 3.05) is 13.1 Å². The zero-order valence-corrected chi connectivity index (χ0v) is 9.16. The molecule has 2 N–H and O–H groups in total. The maximum atomic E-state index is 10.9. The lowest BCUT2D eigenvalue weighted by atomic mass is 9.68. The molecular formula is C11H19NO3. The number of carboxylic acid groups (broad SMARTS) is 1. The monoisotopic (exact) mass is 213 g/mol. The summed E-state index contributed by atoms with van der Waals surface area (Å²) in [6, 6.07) is 0. The fraction of sp³-hybridized carbons (Fsp3) is 0.909. The van der Waals surface area contributed by atoms with Gasteiger partial charge in [-0.05, 0) is 45.7 Å². The van der Waals surface area contributed by atoms with Crippen molar-refractivity contribution in [1.29, 1.82) is 0 Å². The molecule has 15 heavy (non-hydrogen) atoms. The summed E-state index contributed by atoms with van der Waals surface area (Å²) < 4.78 is 5.87. The minimum atomic E-state index is -0.687. The molecule has 2 rings (SSSR count). The predicted molar refractivity (Wildman–Crippen MR) is 55.7 cm³/mol. The third-order valence-corrected chi connectivity index (χ3v) is 3.54. The van der Waals surface area contributed by atoms with Crippen LogP contribution in [0.3, 0.4) is 0 Å². The second-order valence-corrected chi connectivity index (χ2v) is 4.98. The quantitative estimate of drug-likeness (QED) is 0.734. The summed E-state index contributed by atoms with van der Waals surface area (Å²) in [5.41, 5.74) is -0.530. The Hall–Kier alpha value is -0.610. The lowest BCUT2D eigenvalue weighted by Gasteiger charge is -2.43. The molecule has 4 heteroatoms. The highest BCUT2D eigenvalue weighted by Crippen LogP contribution is 2.43. The van der Waals surface area contributed by atoms with Crippen LogP contribution in [0.25, 0.3) is 0 Å². The zero-order valence-electron chi connectivity index (χ0n) is 9.16. The van der Waals surface area contributed by atoms with Gasteiger partial charge in [0.1, 0.15) is 0 Å². The first-order valence-electron chi connectivity index (χ1n) is 5.70.